The number of nitrogens with two attached hydrogens (primary N) is 2. The Hall–Kier alpha value is -1.75. The SMILES string of the molecule is CCCCC1N=C(N)NC(N)=[N+]1c1ccc(Cl)cc1. The summed E-state index contributed by atoms with van der Waals surface area (Å²) in [5.41, 5.74) is 12.7. The number of benzene rings is 1. The normalized spacial score (nSPS) is 19.1. The molecule has 0 aliphatic carbocycles. The van der Waals surface area contributed by atoms with Crippen LogP contribution in [0, 0.1) is 0 Å². The number of guanidine groups is 2. The molecule has 1 heterocycles. The van der Waals surface area contributed by atoms with Gasteiger partial charge in [0, 0.05) is 11.4 Å². The second-order valence-electron chi connectivity index (χ2n) is 4.49. The summed E-state index contributed by atoms with van der Waals surface area (Å²) in [4.78, 5) is 4.43. The van der Waals surface area contributed by atoms with Crippen LogP contribution in [-0.4, -0.2) is 22.7 Å². The largest absolute Gasteiger partial charge is 0.357 e. The van der Waals surface area contributed by atoms with Crippen LogP contribution < -0.4 is 16.8 Å². The van der Waals surface area contributed by atoms with Crippen molar-refractivity contribution in [3.63, 3.8) is 0 Å². The summed E-state index contributed by atoms with van der Waals surface area (Å²) in [6, 6.07) is 7.52. The molecular weight excluding hydrogens is 262 g/mol. The fraction of sp³-hybridized carbons (Fsp3) is 0.385. The summed E-state index contributed by atoms with van der Waals surface area (Å²) in [6.45, 7) is 2.15. The smallest absolute Gasteiger partial charge is 0.357 e. The molecule has 6 heteroatoms. The van der Waals surface area contributed by atoms with E-state index >= 15 is 0 Å². The van der Waals surface area contributed by atoms with Gasteiger partial charge in [0.25, 0.3) is 5.96 Å². The maximum Gasteiger partial charge on any atom is 0.357 e. The fourth-order valence-electron chi connectivity index (χ4n) is 2.10. The van der Waals surface area contributed by atoms with Gasteiger partial charge in [0.15, 0.2) is 6.17 Å². The molecule has 2 rings (SSSR count). The first-order valence-electron chi connectivity index (χ1n) is 6.39. The predicted molar refractivity (Wildman–Crippen MR) is 78.6 cm³/mol. The van der Waals surface area contributed by atoms with Crippen molar-refractivity contribution >= 4 is 29.2 Å². The van der Waals surface area contributed by atoms with Gasteiger partial charge in [0.05, 0.1) is 0 Å². The van der Waals surface area contributed by atoms with E-state index in [9.17, 15) is 0 Å². The third-order valence-corrected chi connectivity index (χ3v) is 3.27. The third-order valence-electron chi connectivity index (χ3n) is 3.02. The highest BCUT2D eigenvalue weighted by Gasteiger charge is 2.26. The highest BCUT2D eigenvalue weighted by molar-refractivity contribution is 6.30. The molecule has 0 fully saturated rings. The minimum atomic E-state index is -0.0672. The molecule has 1 aliphatic heterocycles. The number of halogens is 1. The number of nitrogens with zero attached hydrogens (tertiary/aromatic N) is 2. The van der Waals surface area contributed by atoms with E-state index in [0.717, 1.165) is 24.9 Å². The second kappa shape index (κ2) is 5.93. The van der Waals surface area contributed by atoms with Crippen molar-refractivity contribution in [2.24, 2.45) is 16.5 Å². The Labute approximate surface area is 118 Å². The first-order valence-corrected chi connectivity index (χ1v) is 6.77. The van der Waals surface area contributed by atoms with Crippen LogP contribution in [-0.2, 0) is 0 Å². The molecule has 102 valence electrons. The predicted octanol–water partition coefficient (Wildman–Crippen LogP) is 1.73. The fourth-order valence-corrected chi connectivity index (χ4v) is 2.22. The molecule has 1 aromatic rings. The quantitative estimate of drug-likeness (QED) is 0.735. The lowest BCUT2D eigenvalue weighted by Gasteiger charge is -2.22. The standard InChI is InChI=1S/C13H18ClN5/c1-2-3-4-11-17-12(15)18-13(16)19(11)10-7-5-9(14)6-8-10/h5-8,11H,2-4H2,1H3,(H4,15,16,17,18)/p+1. The van der Waals surface area contributed by atoms with E-state index in [0.29, 0.717) is 16.9 Å². The molecule has 1 aromatic carbocycles. The van der Waals surface area contributed by atoms with Crippen molar-refractivity contribution in [3.05, 3.63) is 29.3 Å². The minimum absolute atomic E-state index is 0.0672. The Morgan fingerprint density at radius 1 is 1.32 bits per heavy atom. The highest BCUT2D eigenvalue weighted by Crippen LogP contribution is 2.21. The van der Waals surface area contributed by atoms with Gasteiger partial charge in [-0.3, -0.25) is 5.73 Å². The van der Waals surface area contributed by atoms with Crippen LogP contribution in [0.1, 0.15) is 26.2 Å². The van der Waals surface area contributed by atoms with Crippen molar-refractivity contribution < 1.29 is 4.58 Å². The van der Waals surface area contributed by atoms with E-state index in [4.69, 9.17) is 23.1 Å². The van der Waals surface area contributed by atoms with Gasteiger partial charge in [0.2, 0.25) is 0 Å². The van der Waals surface area contributed by atoms with Crippen LogP contribution in [0.25, 0.3) is 0 Å². The van der Waals surface area contributed by atoms with Gasteiger partial charge in [-0.15, -0.1) is 0 Å². The Balaban J connectivity index is 2.33. The van der Waals surface area contributed by atoms with Crippen molar-refractivity contribution in [3.8, 4) is 0 Å². The van der Waals surface area contributed by atoms with Crippen LogP contribution in [0.2, 0.25) is 5.02 Å². The number of hydrogen-bond donors (Lipinski definition) is 3. The van der Waals surface area contributed by atoms with Crippen LogP contribution in [0.4, 0.5) is 5.69 Å². The number of unbranched alkanes of at least 4 members (excludes halogenated alkanes) is 1. The Bertz CT molecular complexity index is 506. The number of hydrogen-bond acceptors (Lipinski definition) is 4. The maximum absolute atomic E-state index is 6.04. The van der Waals surface area contributed by atoms with Gasteiger partial charge in [-0.1, -0.05) is 24.9 Å². The Morgan fingerprint density at radius 2 is 2.00 bits per heavy atom. The summed E-state index contributed by atoms with van der Waals surface area (Å²) in [5.74, 6) is 0.861. The minimum Gasteiger partial charge on any atom is -0.357 e. The zero-order valence-corrected chi connectivity index (χ0v) is 11.7. The summed E-state index contributed by atoms with van der Waals surface area (Å²) in [5, 5.41) is 3.56. The molecule has 19 heavy (non-hydrogen) atoms. The second-order valence-corrected chi connectivity index (χ2v) is 4.93. The first-order chi connectivity index (χ1) is 9.11. The lowest BCUT2D eigenvalue weighted by atomic mass is 10.2. The maximum atomic E-state index is 6.04. The number of rotatable bonds is 4. The first kappa shape index (κ1) is 13.7. The zero-order chi connectivity index (χ0) is 13.8. The highest BCUT2D eigenvalue weighted by atomic mass is 35.5. The van der Waals surface area contributed by atoms with Gasteiger partial charge >= 0.3 is 5.96 Å². The molecule has 0 radical (unpaired) electrons. The molecule has 0 bridgehead atoms. The summed E-state index contributed by atoms with van der Waals surface area (Å²) in [6.07, 6.45) is 3.01. The average molecular weight is 281 g/mol. The van der Waals surface area contributed by atoms with E-state index < -0.39 is 0 Å². The summed E-state index contributed by atoms with van der Waals surface area (Å²) >= 11 is 5.91. The average Bonchev–Trinajstić information content (AvgIpc) is 2.37. The zero-order valence-electron chi connectivity index (χ0n) is 10.9. The van der Waals surface area contributed by atoms with Crippen molar-refractivity contribution in [2.75, 3.05) is 0 Å². The van der Waals surface area contributed by atoms with E-state index in [1.54, 1.807) is 0 Å². The van der Waals surface area contributed by atoms with Gasteiger partial charge < -0.3 is 5.73 Å². The molecule has 5 nitrogen and oxygen atoms in total. The van der Waals surface area contributed by atoms with Crippen molar-refractivity contribution in [1.82, 2.24) is 5.32 Å². The molecular formula is C13H19ClN5+. The van der Waals surface area contributed by atoms with Crippen LogP contribution in [0.5, 0.6) is 0 Å². The van der Waals surface area contributed by atoms with E-state index in [-0.39, 0.29) is 6.17 Å². The van der Waals surface area contributed by atoms with Crippen LogP contribution >= 0.6 is 11.6 Å². The lowest BCUT2D eigenvalue weighted by Crippen LogP contribution is -2.52. The van der Waals surface area contributed by atoms with Crippen LogP contribution in [0.15, 0.2) is 29.3 Å². The van der Waals surface area contributed by atoms with Crippen LogP contribution in [0.3, 0.4) is 0 Å². The van der Waals surface area contributed by atoms with Crippen molar-refractivity contribution in [2.45, 2.75) is 32.4 Å². The molecule has 1 aliphatic rings. The number of aliphatic imine (C=N–C) groups is 1. The molecule has 1 atom stereocenters. The van der Waals surface area contributed by atoms with E-state index in [1.165, 1.54) is 0 Å². The van der Waals surface area contributed by atoms with E-state index in [2.05, 4.69) is 17.2 Å². The van der Waals surface area contributed by atoms with Crippen molar-refractivity contribution in [1.29, 1.82) is 0 Å². The molecule has 1 unspecified atom stereocenters. The Kier molecular flexibility index (Phi) is 4.27. The van der Waals surface area contributed by atoms with Gasteiger partial charge in [-0.25, -0.2) is 9.89 Å². The monoisotopic (exact) mass is 280 g/mol. The molecule has 0 aromatic heterocycles. The molecule has 0 amide bonds. The molecule has 0 spiro atoms. The molecule has 0 saturated carbocycles. The van der Waals surface area contributed by atoms with Gasteiger partial charge in [-0.05, 0) is 30.7 Å². The molecule has 0 saturated heterocycles. The lowest BCUT2D eigenvalue weighted by molar-refractivity contribution is -0.489. The van der Waals surface area contributed by atoms with E-state index in [1.807, 2.05) is 28.8 Å². The Morgan fingerprint density at radius 3 is 2.63 bits per heavy atom. The third kappa shape index (κ3) is 3.17. The van der Waals surface area contributed by atoms with Gasteiger partial charge in [-0.2, -0.15) is 4.99 Å². The summed E-state index contributed by atoms with van der Waals surface area (Å²) in [7, 11) is 0. The number of nitrogens with one attached hydrogen (secondary N) is 1. The molecule has 5 N–H and O–H groups in total. The summed E-state index contributed by atoms with van der Waals surface area (Å²) < 4.78 is 1.95. The topological polar surface area (TPSA) is 79.4 Å². The van der Waals surface area contributed by atoms with Gasteiger partial charge in [0.1, 0.15) is 5.69 Å².